The van der Waals surface area contributed by atoms with Crippen molar-refractivity contribution in [3.8, 4) is 0 Å². The third-order valence-electron chi connectivity index (χ3n) is 5.67. The molecule has 0 saturated carbocycles. The summed E-state index contributed by atoms with van der Waals surface area (Å²) in [5.41, 5.74) is 4.72. The number of carbonyl (C=O) groups excluding carboxylic acids is 2. The molecule has 0 fully saturated rings. The van der Waals surface area contributed by atoms with Crippen molar-refractivity contribution in [3.63, 3.8) is 0 Å². The summed E-state index contributed by atoms with van der Waals surface area (Å²) in [4.78, 5) is 25.4. The Balaban J connectivity index is 1.76. The van der Waals surface area contributed by atoms with Crippen LogP contribution in [0.4, 0.5) is 5.69 Å². The van der Waals surface area contributed by atoms with E-state index in [1.807, 2.05) is 48.5 Å². The molecular weight excluding hydrogens is 350 g/mol. The molecule has 28 heavy (non-hydrogen) atoms. The molecule has 0 bridgehead atoms. The Morgan fingerprint density at radius 3 is 2.57 bits per heavy atom. The van der Waals surface area contributed by atoms with E-state index in [2.05, 4.69) is 28.2 Å². The Hall–Kier alpha value is -3.34. The Kier molecular flexibility index (Phi) is 3.83. The van der Waals surface area contributed by atoms with E-state index in [9.17, 15) is 9.59 Å². The van der Waals surface area contributed by atoms with Gasteiger partial charge in [0.15, 0.2) is 0 Å². The van der Waals surface area contributed by atoms with Crippen LogP contribution >= 0.6 is 0 Å². The van der Waals surface area contributed by atoms with Crippen molar-refractivity contribution in [2.24, 2.45) is 5.92 Å². The van der Waals surface area contributed by atoms with E-state index in [0.29, 0.717) is 17.2 Å². The average Bonchev–Trinajstić information content (AvgIpc) is 3.16. The molecule has 140 valence electrons. The van der Waals surface area contributed by atoms with Crippen molar-refractivity contribution in [1.29, 1.82) is 0 Å². The largest absolute Gasteiger partial charge is 0.350 e. The fourth-order valence-electron chi connectivity index (χ4n) is 4.37. The summed E-state index contributed by atoms with van der Waals surface area (Å²) in [5.74, 6) is -0.121. The maximum atomic E-state index is 12.8. The normalized spacial score (nSPS) is 19.1. The Labute approximate surface area is 163 Å². The summed E-state index contributed by atoms with van der Waals surface area (Å²) in [6.45, 7) is 3.19. The fraction of sp³-hybridized carbons (Fsp3) is 0.217. The molecule has 5 heteroatoms. The molecule has 0 unspecified atom stereocenters. The molecule has 1 atom stereocenters. The summed E-state index contributed by atoms with van der Waals surface area (Å²) in [6, 6.07) is 17.6. The van der Waals surface area contributed by atoms with E-state index in [1.54, 1.807) is 0 Å². The third-order valence-corrected chi connectivity index (χ3v) is 5.67. The highest BCUT2D eigenvalue weighted by atomic mass is 16.2. The molecule has 0 spiro atoms. The minimum absolute atomic E-state index is 0.328. The third kappa shape index (κ3) is 2.54. The van der Waals surface area contributed by atoms with Gasteiger partial charge in [-0.15, -0.1) is 0 Å². The van der Waals surface area contributed by atoms with Gasteiger partial charge in [0.05, 0.1) is 5.57 Å². The first kappa shape index (κ1) is 16.8. The van der Waals surface area contributed by atoms with Gasteiger partial charge in [0.25, 0.3) is 11.8 Å². The number of hydrogen-bond donors (Lipinski definition) is 2. The van der Waals surface area contributed by atoms with Gasteiger partial charge in [-0.25, -0.2) is 0 Å². The second-order valence-corrected chi connectivity index (χ2v) is 7.62. The molecule has 2 aliphatic heterocycles. The molecular formula is C23H21N3O2. The van der Waals surface area contributed by atoms with Crippen molar-refractivity contribution in [1.82, 2.24) is 9.88 Å². The topological polar surface area (TPSA) is 63.1 Å². The molecule has 2 aliphatic rings. The zero-order valence-corrected chi connectivity index (χ0v) is 15.7. The van der Waals surface area contributed by atoms with Gasteiger partial charge in [0, 0.05) is 34.4 Å². The smallest absolute Gasteiger partial charge is 0.275 e. The van der Waals surface area contributed by atoms with Gasteiger partial charge in [-0.1, -0.05) is 43.3 Å². The van der Waals surface area contributed by atoms with E-state index in [4.69, 9.17) is 0 Å². The van der Waals surface area contributed by atoms with Gasteiger partial charge in [-0.3, -0.25) is 14.9 Å². The number of nitrogens with one attached hydrogen (secondary N) is 2. The van der Waals surface area contributed by atoms with Gasteiger partial charge < -0.3 is 9.88 Å². The number of carbonyl (C=O) groups is 2. The van der Waals surface area contributed by atoms with Crippen molar-refractivity contribution in [3.05, 3.63) is 71.6 Å². The number of para-hydroxylation sites is 2. The molecule has 5 rings (SSSR count). The first-order chi connectivity index (χ1) is 13.6. The van der Waals surface area contributed by atoms with Crippen LogP contribution in [0.3, 0.4) is 0 Å². The monoisotopic (exact) mass is 371 g/mol. The lowest BCUT2D eigenvalue weighted by Crippen LogP contribution is -2.24. The highest BCUT2D eigenvalue weighted by Gasteiger charge is 2.36. The molecule has 2 N–H and O–H groups in total. The van der Waals surface area contributed by atoms with E-state index >= 15 is 0 Å². The van der Waals surface area contributed by atoms with Crippen LogP contribution in [0.15, 0.2) is 60.3 Å². The van der Waals surface area contributed by atoms with Crippen LogP contribution in [-0.4, -0.2) is 16.4 Å². The number of aromatic nitrogens is 1. The minimum Gasteiger partial charge on any atom is -0.350 e. The minimum atomic E-state index is -0.378. The number of nitrogens with zero attached hydrogens (tertiary/aromatic N) is 1. The molecule has 0 saturated heterocycles. The lowest BCUT2D eigenvalue weighted by molar-refractivity contribution is -0.123. The number of amides is 2. The number of anilines is 1. The summed E-state index contributed by atoms with van der Waals surface area (Å²) >= 11 is 0. The summed E-state index contributed by atoms with van der Waals surface area (Å²) in [7, 11) is 0. The van der Waals surface area contributed by atoms with Crippen molar-refractivity contribution < 1.29 is 9.59 Å². The number of fused-ring (bicyclic) bond motifs is 3. The first-order valence-corrected chi connectivity index (χ1v) is 9.66. The van der Waals surface area contributed by atoms with Crippen LogP contribution in [0, 0.1) is 5.92 Å². The van der Waals surface area contributed by atoms with Gasteiger partial charge in [0.2, 0.25) is 0 Å². The molecule has 2 amide bonds. The summed E-state index contributed by atoms with van der Waals surface area (Å²) in [5, 5.41) is 6.69. The van der Waals surface area contributed by atoms with Crippen LogP contribution < -0.4 is 10.6 Å². The highest BCUT2D eigenvalue weighted by Crippen LogP contribution is 2.39. The lowest BCUT2D eigenvalue weighted by atomic mass is 9.94. The lowest BCUT2D eigenvalue weighted by Gasteiger charge is -2.23. The van der Waals surface area contributed by atoms with Gasteiger partial charge in [-0.2, -0.15) is 0 Å². The quantitative estimate of drug-likeness (QED) is 0.690. The number of imide groups is 1. The van der Waals surface area contributed by atoms with Crippen LogP contribution in [0.1, 0.15) is 24.6 Å². The molecule has 5 nitrogen and oxygen atoms in total. The molecule has 0 aliphatic carbocycles. The Bertz CT molecular complexity index is 1140. The van der Waals surface area contributed by atoms with E-state index < -0.39 is 0 Å². The molecule has 3 heterocycles. The SMILES string of the molecule is C[C@H]1CCc2c(C3=C(Nc4ccccc4)C(=O)NC3=O)c3ccccc3n2C1. The van der Waals surface area contributed by atoms with Crippen molar-refractivity contribution in [2.45, 2.75) is 26.3 Å². The van der Waals surface area contributed by atoms with Crippen molar-refractivity contribution in [2.75, 3.05) is 5.32 Å². The molecule has 0 radical (unpaired) electrons. The van der Waals surface area contributed by atoms with Crippen LogP contribution in [0.2, 0.25) is 0 Å². The zero-order valence-electron chi connectivity index (χ0n) is 15.7. The predicted octanol–water partition coefficient (Wildman–Crippen LogP) is 3.70. The second kappa shape index (κ2) is 6.37. The van der Waals surface area contributed by atoms with E-state index in [0.717, 1.165) is 47.2 Å². The van der Waals surface area contributed by atoms with Gasteiger partial charge >= 0.3 is 0 Å². The van der Waals surface area contributed by atoms with Crippen LogP contribution in [0.5, 0.6) is 0 Å². The molecule has 3 aromatic rings. The zero-order chi connectivity index (χ0) is 19.3. The number of hydrogen-bond acceptors (Lipinski definition) is 3. The number of benzene rings is 2. The van der Waals surface area contributed by atoms with E-state index in [1.165, 1.54) is 0 Å². The van der Waals surface area contributed by atoms with Crippen LogP contribution in [0.25, 0.3) is 16.5 Å². The first-order valence-electron chi connectivity index (χ1n) is 9.66. The predicted molar refractivity (Wildman–Crippen MR) is 110 cm³/mol. The summed E-state index contributed by atoms with van der Waals surface area (Å²) < 4.78 is 2.32. The van der Waals surface area contributed by atoms with Crippen LogP contribution in [-0.2, 0) is 22.6 Å². The van der Waals surface area contributed by atoms with Crippen molar-refractivity contribution >= 4 is 34.0 Å². The second-order valence-electron chi connectivity index (χ2n) is 7.62. The molecule has 1 aromatic heterocycles. The average molecular weight is 371 g/mol. The Morgan fingerprint density at radius 1 is 1.00 bits per heavy atom. The van der Waals surface area contributed by atoms with Gasteiger partial charge in [0.1, 0.15) is 5.70 Å². The maximum Gasteiger partial charge on any atom is 0.275 e. The van der Waals surface area contributed by atoms with Gasteiger partial charge in [-0.05, 0) is 37.0 Å². The summed E-state index contributed by atoms with van der Waals surface area (Å²) in [6.07, 6.45) is 1.97. The highest BCUT2D eigenvalue weighted by molar-refractivity contribution is 6.38. The Morgan fingerprint density at radius 2 is 1.75 bits per heavy atom. The standard InChI is InChI=1S/C23H21N3O2/c1-14-11-12-18-19(16-9-5-6-10-17(16)26(18)13-14)20-21(23(28)25-22(20)27)24-15-7-3-2-4-8-15/h2-10,14H,11-13H2,1H3,(H2,24,25,27,28)/t14-/m0/s1. The fourth-order valence-corrected chi connectivity index (χ4v) is 4.37. The number of rotatable bonds is 3. The molecule has 2 aromatic carbocycles. The maximum absolute atomic E-state index is 12.8. The van der Waals surface area contributed by atoms with E-state index in [-0.39, 0.29) is 11.8 Å².